The Morgan fingerprint density at radius 2 is 1.71 bits per heavy atom. The third kappa shape index (κ3) is 1.94. The van der Waals surface area contributed by atoms with Gasteiger partial charge in [0.25, 0.3) is 10.2 Å². The molecule has 4 nitrogen and oxygen atoms in total. The molecule has 0 aromatic rings. The zero-order valence-corrected chi connectivity index (χ0v) is 9.46. The first kappa shape index (κ1) is 10.4. The summed E-state index contributed by atoms with van der Waals surface area (Å²) in [5, 5.41) is 0. The Hall–Kier alpha value is -0.130. The third-order valence-corrected chi connectivity index (χ3v) is 5.23. The summed E-state index contributed by atoms with van der Waals surface area (Å²) in [6.07, 6.45) is 5.66. The van der Waals surface area contributed by atoms with E-state index in [1.807, 2.05) is 0 Å². The molecule has 0 aromatic carbocycles. The summed E-state index contributed by atoms with van der Waals surface area (Å²) in [5.41, 5.74) is 0. The van der Waals surface area contributed by atoms with Crippen molar-refractivity contribution in [3.05, 3.63) is 0 Å². The standard InChI is InChI=1S/C9H18N2O2S/c1-10(9-5-3-2-4-6-9)14(12,13)11-7-8-11/h9H,2-8H2,1H3. The van der Waals surface area contributed by atoms with Crippen LogP contribution in [0.5, 0.6) is 0 Å². The largest absolute Gasteiger partial charge is 0.282 e. The summed E-state index contributed by atoms with van der Waals surface area (Å²) in [6, 6.07) is 0.245. The number of hydrogen-bond donors (Lipinski definition) is 0. The van der Waals surface area contributed by atoms with E-state index >= 15 is 0 Å². The Kier molecular flexibility index (Phi) is 2.81. The summed E-state index contributed by atoms with van der Waals surface area (Å²) < 4.78 is 26.8. The van der Waals surface area contributed by atoms with Crippen LogP contribution in [0.4, 0.5) is 0 Å². The molecular weight excluding hydrogens is 200 g/mol. The Balaban J connectivity index is 2.02. The van der Waals surface area contributed by atoms with Crippen molar-refractivity contribution < 1.29 is 8.42 Å². The molecule has 5 heteroatoms. The molecule has 0 unspecified atom stereocenters. The van der Waals surface area contributed by atoms with Crippen molar-refractivity contribution >= 4 is 10.2 Å². The molecule has 0 bridgehead atoms. The van der Waals surface area contributed by atoms with Crippen LogP contribution >= 0.6 is 0 Å². The Morgan fingerprint density at radius 1 is 1.14 bits per heavy atom. The molecule has 0 radical (unpaired) electrons. The molecule has 2 rings (SSSR count). The number of hydrogen-bond acceptors (Lipinski definition) is 2. The highest BCUT2D eigenvalue weighted by molar-refractivity contribution is 7.87. The van der Waals surface area contributed by atoms with Gasteiger partial charge in [-0.15, -0.1) is 0 Å². The van der Waals surface area contributed by atoms with E-state index in [0.29, 0.717) is 13.1 Å². The average molecular weight is 218 g/mol. The number of nitrogens with zero attached hydrogens (tertiary/aromatic N) is 2. The summed E-state index contributed by atoms with van der Waals surface area (Å²) in [7, 11) is -1.37. The SMILES string of the molecule is CN(C1CCCCC1)S(=O)(=O)N1CC1. The molecule has 2 aliphatic rings. The molecule has 2 fully saturated rings. The van der Waals surface area contributed by atoms with Crippen LogP contribution in [-0.2, 0) is 10.2 Å². The van der Waals surface area contributed by atoms with Gasteiger partial charge in [0.15, 0.2) is 0 Å². The summed E-state index contributed by atoms with van der Waals surface area (Å²) in [4.78, 5) is 0. The first-order valence-corrected chi connectivity index (χ1v) is 6.75. The molecule has 1 saturated carbocycles. The second-order valence-electron chi connectivity index (χ2n) is 4.21. The van der Waals surface area contributed by atoms with Crippen LogP contribution in [0.2, 0.25) is 0 Å². The lowest BCUT2D eigenvalue weighted by Crippen LogP contribution is -2.41. The lowest BCUT2D eigenvalue weighted by molar-refractivity contribution is 0.278. The van der Waals surface area contributed by atoms with Crippen molar-refractivity contribution in [1.29, 1.82) is 0 Å². The molecule has 0 spiro atoms. The molecule has 0 amide bonds. The van der Waals surface area contributed by atoms with E-state index < -0.39 is 10.2 Å². The van der Waals surface area contributed by atoms with Gasteiger partial charge in [0.1, 0.15) is 0 Å². The first-order valence-electron chi connectivity index (χ1n) is 5.35. The lowest BCUT2D eigenvalue weighted by Gasteiger charge is -2.30. The highest BCUT2D eigenvalue weighted by Crippen LogP contribution is 2.26. The fourth-order valence-electron chi connectivity index (χ4n) is 2.09. The molecule has 1 aliphatic carbocycles. The quantitative estimate of drug-likeness (QED) is 0.658. The maximum absolute atomic E-state index is 11.8. The number of rotatable bonds is 3. The molecule has 1 aliphatic heterocycles. The van der Waals surface area contributed by atoms with Crippen LogP contribution in [0.3, 0.4) is 0 Å². The van der Waals surface area contributed by atoms with Crippen LogP contribution in [-0.4, -0.2) is 43.2 Å². The minimum Gasteiger partial charge on any atom is -0.195 e. The van der Waals surface area contributed by atoms with E-state index in [2.05, 4.69) is 0 Å². The molecular formula is C9H18N2O2S. The summed E-state index contributed by atoms with van der Waals surface area (Å²) >= 11 is 0. The van der Waals surface area contributed by atoms with Gasteiger partial charge in [-0.3, -0.25) is 0 Å². The van der Waals surface area contributed by atoms with Gasteiger partial charge in [-0.1, -0.05) is 19.3 Å². The smallest absolute Gasteiger partial charge is 0.195 e. The van der Waals surface area contributed by atoms with Gasteiger partial charge in [0.05, 0.1) is 0 Å². The van der Waals surface area contributed by atoms with Gasteiger partial charge < -0.3 is 0 Å². The summed E-state index contributed by atoms with van der Waals surface area (Å²) in [5.74, 6) is 0. The van der Waals surface area contributed by atoms with E-state index in [1.54, 1.807) is 11.4 Å². The maximum Gasteiger partial charge on any atom is 0.282 e. The van der Waals surface area contributed by atoms with E-state index in [-0.39, 0.29) is 6.04 Å². The van der Waals surface area contributed by atoms with Crippen LogP contribution in [0.1, 0.15) is 32.1 Å². The Bertz CT molecular complexity index is 292. The third-order valence-electron chi connectivity index (χ3n) is 3.19. The topological polar surface area (TPSA) is 40.4 Å². The monoisotopic (exact) mass is 218 g/mol. The van der Waals surface area contributed by atoms with Crippen molar-refractivity contribution in [3.63, 3.8) is 0 Å². The van der Waals surface area contributed by atoms with Gasteiger partial charge in [0, 0.05) is 26.2 Å². The lowest BCUT2D eigenvalue weighted by atomic mass is 9.96. The molecule has 0 N–H and O–H groups in total. The van der Waals surface area contributed by atoms with Gasteiger partial charge in [-0.2, -0.15) is 17.0 Å². The molecule has 1 saturated heterocycles. The Labute approximate surface area is 86.1 Å². The van der Waals surface area contributed by atoms with Gasteiger partial charge in [0.2, 0.25) is 0 Å². The zero-order valence-electron chi connectivity index (χ0n) is 8.65. The van der Waals surface area contributed by atoms with Crippen molar-refractivity contribution in [2.75, 3.05) is 20.1 Å². The van der Waals surface area contributed by atoms with Gasteiger partial charge >= 0.3 is 0 Å². The van der Waals surface area contributed by atoms with E-state index in [1.165, 1.54) is 23.6 Å². The second kappa shape index (κ2) is 3.79. The summed E-state index contributed by atoms with van der Waals surface area (Å²) in [6.45, 7) is 1.42. The molecule has 1 heterocycles. The minimum absolute atomic E-state index is 0.245. The van der Waals surface area contributed by atoms with Crippen LogP contribution in [0.15, 0.2) is 0 Å². The fraction of sp³-hybridized carbons (Fsp3) is 1.00. The molecule has 14 heavy (non-hydrogen) atoms. The van der Waals surface area contributed by atoms with Crippen molar-refractivity contribution in [3.8, 4) is 0 Å². The first-order chi connectivity index (χ1) is 6.62. The van der Waals surface area contributed by atoms with Gasteiger partial charge in [-0.25, -0.2) is 0 Å². The average Bonchev–Trinajstić information content (AvgIpc) is 3.01. The van der Waals surface area contributed by atoms with E-state index in [9.17, 15) is 8.42 Å². The highest BCUT2D eigenvalue weighted by Gasteiger charge is 2.38. The Morgan fingerprint density at radius 3 is 2.21 bits per heavy atom. The van der Waals surface area contributed by atoms with Crippen molar-refractivity contribution in [2.45, 2.75) is 38.1 Å². The molecule has 0 atom stereocenters. The predicted octanol–water partition coefficient (Wildman–Crippen LogP) is 0.811. The molecule has 82 valence electrons. The van der Waals surface area contributed by atoms with E-state index in [4.69, 9.17) is 0 Å². The zero-order chi connectivity index (χ0) is 10.2. The fourth-order valence-corrected chi connectivity index (χ4v) is 3.58. The minimum atomic E-state index is -3.10. The van der Waals surface area contributed by atoms with Crippen LogP contribution in [0.25, 0.3) is 0 Å². The normalized spacial score (nSPS) is 25.6. The van der Waals surface area contributed by atoms with Crippen molar-refractivity contribution in [1.82, 2.24) is 8.61 Å². The van der Waals surface area contributed by atoms with E-state index in [0.717, 1.165) is 12.8 Å². The highest BCUT2D eigenvalue weighted by atomic mass is 32.2. The predicted molar refractivity (Wildman–Crippen MR) is 55.1 cm³/mol. The van der Waals surface area contributed by atoms with Crippen molar-refractivity contribution in [2.24, 2.45) is 0 Å². The second-order valence-corrected chi connectivity index (χ2v) is 6.20. The van der Waals surface area contributed by atoms with Crippen LogP contribution < -0.4 is 0 Å². The maximum atomic E-state index is 11.8. The van der Waals surface area contributed by atoms with Crippen LogP contribution in [0, 0.1) is 0 Å². The molecule has 0 aromatic heterocycles. The van der Waals surface area contributed by atoms with Gasteiger partial charge in [-0.05, 0) is 12.8 Å².